The van der Waals surface area contributed by atoms with E-state index >= 15 is 0 Å². The van der Waals surface area contributed by atoms with Crippen LogP contribution in [-0.4, -0.2) is 5.91 Å². The zero-order chi connectivity index (χ0) is 8.97. The quantitative estimate of drug-likeness (QED) is 0.704. The Morgan fingerprint density at radius 3 is 2.92 bits per heavy atom. The van der Waals surface area contributed by atoms with Gasteiger partial charge in [-0.15, -0.1) is 0 Å². The van der Waals surface area contributed by atoms with Gasteiger partial charge in [0.2, 0.25) is 0 Å². The molecule has 0 aliphatic heterocycles. The van der Waals surface area contributed by atoms with Gasteiger partial charge in [-0.25, -0.2) is 0 Å². The molecule has 0 unspecified atom stereocenters. The van der Waals surface area contributed by atoms with Gasteiger partial charge in [-0.2, -0.15) is 0 Å². The SMILES string of the molecule is C=CNC(=O)c1cccc(C)c1. The topological polar surface area (TPSA) is 29.1 Å². The Bertz CT molecular complexity index is 304. The van der Waals surface area contributed by atoms with Crippen LogP contribution in [0.1, 0.15) is 15.9 Å². The first-order chi connectivity index (χ1) is 5.74. The van der Waals surface area contributed by atoms with Gasteiger partial charge in [0, 0.05) is 5.56 Å². The van der Waals surface area contributed by atoms with Gasteiger partial charge in [0.05, 0.1) is 0 Å². The van der Waals surface area contributed by atoms with Crippen molar-refractivity contribution in [3.05, 3.63) is 48.2 Å². The van der Waals surface area contributed by atoms with Crippen LogP contribution in [0.15, 0.2) is 37.0 Å². The van der Waals surface area contributed by atoms with Crippen molar-refractivity contribution in [2.45, 2.75) is 6.92 Å². The molecular weight excluding hydrogens is 150 g/mol. The molecule has 0 atom stereocenters. The zero-order valence-corrected chi connectivity index (χ0v) is 7.00. The first-order valence-electron chi connectivity index (χ1n) is 3.72. The molecule has 0 saturated carbocycles. The number of rotatable bonds is 2. The van der Waals surface area contributed by atoms with Gasteiger partial charge in [0.15, 0.2) is 0 Å². The van der Waals surface area contributed by atoms with Crippen LogP contribution in [0.5, 0.6) is 0 Å². The van der Waals surface area contributed by atoms with Gasteiger partial charge >= 0.3 is 0 Å². The Hall–Kier alpha value is -1.57. The molecule has 0 aliphatic carbocycles. The van der Waals surface area contributed by atoms with E-state index in [4.69, 9.17) is 0 Å². The molecule has 0 saturated heterocycles. The lowest BCUT2D eigenvalue weighted by Crippen LogP contribution is -2.16. The standard InChI is InChI=1S/C10H11NO/c1-3-11-10(12)9-6-4-5-8(2)7-9/h3-7H,1H2,2H3,(H,11,12). The monoisotopic (exact) mass is 161 g/mol. The molecule has 0 heterocycles. The third kappa shape index (κ3) is 1.95. The molecule has 0 radical (unpaired) electrons. The Morgan fingerprint density at radius 2 is 2.33 bits per heavy atom. The van der Waals surface area contributed by atoms with Crippen LogP contribution >= 0.6 is 0 Å². The first-order valence-corrected chi connectivity index (χ1v) is 3.72. The van der Waals surface area contributed by atoms with E-state index in [0.29, 0.717) is 5.56 Å². The average molecular weight is 161 g/mol. The molecule has 62 valence electrons. The molecule has 0 bridgehead atoms. The normalized spacial score (nSPS) is 9.08. The highest BCUT2D eigenvalue weighted by Gasteiger charge is 2.01. The van der Waals surface area contributed by atoms with Crippen LogP contribution in [0.2, 0.25) is 0 Å². The first kappa shape index (κ1) is 8.53. The second-order valence-electron chi connectivity index (χ2n) is 2.55. The summed E-state index contributed by atoms with van der Waals surface area (Å²) in [5.74, 6) is -0.117. The second-order valence-corrected chi connectivity index (χ2v) is 2.55. The highest BCUT2D eigenvalue weighted by molar-refractivity contribution is 5.94. The summed E-state index contributed by atoms with van der Waals surface area (Å²) in [5, 5.41) is 2.51. The second kappa shape index (κ2) is 3.72. The highest BCUT2D eigenvalue weighted by atomic mass is 16.1. The number of carbonyl (C=O) groups is 1. The highest BCUT2D eigenvalue weighted by Crippen LogP contribution is 2.02. The summed E-state index contributed by atoms with van der Waals surface area (Å²) in [7, 11) is 0. The van der Waals surface area contributed by atoms with Gasteiger partial charge in [-0.3, -0.25) is 4.79 Å². The third-order valence-electron chi connectivity index (χ3n) is 1.51. The van der Waals surface area contributed by atoms with Crippen LogP contribution < -0.4 is 5.32 Å². The lowest BCUT2D eigenvalue weighted by molar-refractivity contribution is 0.0970. The van der Waals surface area contributed by atoms with Crippen molar-refractivity contribution in [2.75, 3.05) is 0 Å². The minimum Gasteiger partial charge on any atom is -0.329 e. The Balaban J connectivity index is 2.87. The molecule has 1 aromatic rings. The minimum atomic E-state index is -0.117. The van der Waals surface area contributed by atoms with E-state index in [1.165, 1.54) is 6.20 Å². The number of benzene rings is 1. The molecule has 1 N–H and O–H groups in total. The van der Waals surface area contributed by atoms with Crippen LogP contribution in [0.4, 0.5) is 0 Å². The van der Waals surface area contributed by atoms with E-state index in [9.17, 15) is 4.79 Å². The van der Waals surface area contributed by atoms with Gasteiger partial charge in [0.25, 0.3) is 5.91 Å². The molecule has 0 fully saturated rings. The van der Waals surface area contributed by atoms with E-state index in [-0.39, 0.29) is 5.91 Å². The lowest BCUT2D eigenvalue weighted by Gasteiger charge is -1.99. The number of aryl methyl sites for hydroxylation is 1. The molecule has 0 spiro atoms. The van der Waals surface area contributed by atoms with Gasteiger partial charge < -0.3 is 5.32 Å². The van der Waals surface area contributed by atoms with Crippen molar-refractivity contribution in [1.82, 2.24) is 5.32 Å². The van der Waals surface area contributed by atoms with Crippen molar-refractivity contribution in [3.63, 3.8) is 0 Å². The maximum absolute atomic E-state index is 11.2. The summed E-state index contributed by atoms with van der Waals surface area (Å²) in [5.41, 5.74) is 1.74. The van der Waals surface area contributed by atoms with E-state index in [0.717, 1.165) is 5.56 Å². The van der Waals surface area contributed by atoms with E-state index < -0.39 is 0 Å². The summed E-state index contributed by atoms with van der Waals surface area (Å²) in [6.45, 7) is 5.37. The largest absolute Gasteiger partial charge is 0.329 e. The number of amides is 1. The smallest absolute Gasteiger partial charge is 0.255 e. The fourth-order valence-corrected chi connectivity index (χ4v) is 0.962. The molecule has 12 heavy (non-hydrogen) atoms. The van der Waals surface area contributed by atoms with Crippen LogP contribution in [-0.2, 0) is 0 Å². The minimum absolute atomic E-state index is 0.117. The molecule has 2 heteroatoms. The fourth-order valence-electron chi connectivity index (χ4n) is 0.962. The van der Waals surface area contributed by atoms with Gasteiger partial charge in [-0.1, -0.05) is 24.3 Å². The number of hydrogen-bond acceptors (Lipinski definition) is 1. The summed E-state index contributed by atoms with van der Waals surface area (Å²) in [6, 6.07) is 7.41. The van der Waals surface area contributed by atoms with Gasteiger partial charge in [0.1, 0.15) is 0 Å². The van der Waals surface area contributed by atoms with E-state index in [1.54, 1.807) is 6.07 Å². The molecule has 2 nitrogen and oxygen atoms in total. The van der Waals surface area contributed by atoms with Crippen molar-refractivity contribution >= 4 is 5.91 Å². The number of carbonyl (C=O) groups excluding carboxylic acids is 1. The van der Waals surface area contributed by atoms with Gasteiger partial charge in [-0.05, 0) is 25.3 Å². The molecule has 1 amide bonds. The zero-order valence-electron chi connectivity index (χ0n) is 7.00. The van der Waals surface area contributed by atoms with E-state index in [2.05, 4.69) is 11.9 Å². The molecule has 0 aliphatic rings. The molecule has 1 aromatic carbocycles. The number of nitrogens with one attached hydrogen (secondary N) is 1. The number of hydrogen-bond donors (Lipinski definition) is 1. The maximum Gasteiger partial charge on any atom is 0.255 e. The summed E-state index contributed by atoms with van der Waals surface area (Å²) in [6.07, 6.45) is 1.38. The van der Waals surface area contributed by atoms with Crippen molar-refractivity contribution in [2.24, 2.45) is 0 Å². The van der Waals surface area contributed by atoms with Crippen molar-refractivity contribution in [3.8, 4) is 0 Å². The van der Waals surface area contributed by atoms with Crippen molar-refractivity contribution < 1.29 is 4.79 Å². The Morgan fingerprint density at radius 1 is 1.58 bits per heavy atom. The van der Waals surface area contributed by atoms with E-state index in [1.807, 2.05) is 25.1 Å². The lowest BCUT2D eigenvalue weighted by atomic mass is 10.1. The summed E-state index contributed by atoms with van der Waals surface area (Å²) in [4.78, 5) is 11.2. The summed E-state index contributed by atoms with van der Waals surface area (Å²) >= 11 is 0. The van der Waals surface area contributed by atoms with Crippen molar-refractivity contribution in [1.29, 1.82) is 0 Å². The summed E-state index contributed by atoms with van der Waals surface area (Å²) < 4.78 is 0. The predicted octanol–water partition coefficient (Wildman–Crippen LogP) is 1.87. The third-order valence-corrected chi connectivity index (χ3v) is 1.51. The Labute approximate surface area is 71.9 Å². The fraction of sp³-hybridized carbons (Fsp3) is 0.100. The Kier molecular flexibility index (Phi) is 2.64. The van der Waals surface area contributed by atoms with Crippen LogP contribution in [0.25, 0.3) is 0 Å². The van der Waals surface area contributed by atoms with Crippen LogP contribution in [0, 0.1) is 6.92 Å². The molecule has 1 rings (SSSR count). The predicted molar refractivity (Wildman–Crippen MR) is 48.8 cm³/mol. The molecular formula is C10H11NO. The maximum atomic E-state index is 11.2. The molecule has 0 aromatic heterocycles. The average Bonchev–Trinajstić information content (AvgIpc) is 2.05. The van der Waals surface area contributed by atoms with Crippen LogP contribution in [0.3, 0.4) is 0 Å².